The summed E-state index contributed by atoms with van der Waals surface area (Å²) in [6.07, 6.45) is 6.57. The highest BCUT2D eigenvalue weighted by molar-refractivity contribution is 7.18. The second kappa shape index (κ2) is 9.43. The molecule has 31 heavy (non-hydrogen) atoms. The molecule has 0 spiro atoms. The maximum Gasteiger partial charge on any atom is 0.308 e. The van der Waals surface area contributed by atoms with Crippen molar-refractivity contribution in [3.8, 4) is 0 Å². The topological polar surface area (TPSA) is 90.3 Å². The number of amides is 1. The molecule has 3 aromatic rings. The second-order valence-corrected chi connectivity index (χ2v) is 8.73. The van der Waals surface area contributed by atoms with E-state index in [1.165, 1.54) is 21.3 Å². The van der Waals surface area contributed by atoms with Crippen LogP contribution in [0.25, 0.3) is 10.2 Å². The van der Waals surface area contributed by atoms with Gasteiger partial charge >= 0.3 is 5.97 Å². The highest BCUT2D eigenvalue weighted by Gasteiger charge is 2.20. The van der Waals surface area contributed by atoms with E-state index >= 15 is 0 Å². The minimum atomic E-state index is -0.532. The molecule has 162 valence electrons. The van der Waals surface area contributed by atoms with Gasteiger partial charge in [0.1, 0.15) is 4.83 Å². The second-order valence-electron chi connectivity index (χ2n) is 7.64. The smallest absolute Gasteiger partial charge is 0.308 e. The lowest BCUT2D eigenvalue weighted by molar-refractivity contribution is -0.147. The molecule has 7 nitrogen and oxygen atoms in total. The normalized spacial score (nSPS) is 13.1. The van der Waals surface area contributed by atoms with E-state index in [1.807, 2.05) is 24.3 Å². The summed E-state index contributed by atoms with van der Waals surface area (Å²) in [5.41, 5.74) is 2.85. The number of ether oxygens (including phenoxy) is 1. The SMILES string of the molecule is CCc1ccc(NC(=O)COC(=O)CCn2cnc3sc4c(c3c2=O)CCCC4)cc1. The molecule has 2 heterocycles. The van der Waals surface area contributed by atoms with E-state index in [4.69, 9.17) is 4.74 Å². The molecule has 1 aromatic carbocycles. The van der Waals surface area contributed by atoms with Crippen LogP contribution in [0.15, 0.2) is 35.4 Å². The van der Waals surface area contributed by atoms with Crippen molar-refractivity contribution in [2.75, 3.05) is 11.9 Å². The summed E-state index contributed by atoms with van der Waals surface area (Å²) in [4.78, 5) is 43.4. The van der Waals surface area contributed by atoms with E-state index in [1.54, 1.807) is 11.3 Å². The number of fused-ring (bicyclic) bond motifs is 3. The fourth-order valence-corrected chi connectivity index (χ4v) is 5.01. The Hall–Kier alpha value is -3.00. The largest absolute Gasteiger partial charge is 0.456 e. The van der Waals surface area contributed by atoms with Crippen molar-refractivity contribution in [3.05, 3.63) is 57.0 Å². The lowest BCUT2D eigenvalue weighted by Crippen LogP contribution is -2.24. The molecule has 1 amide bonds. The van der Waals surface area contributed by atoms with Gasteiger partial charge in [-0.25, -0.2) is 4.98 Å². The maximum absolute atomic E-state index is 12.9. The number of thiophene rings is 1. The van der Waals surface area contributed by atoms with Crippen molar-refractivity contribution in [1.82, 2.24) is 9.55 Å². The third-order valence-corrected chi connectivity index (χ3v) is 6.71. The van der Waals surface area contributed by atoms with E-state index in [0.29, 0.717) is 11.1 Å². The van der Waals surface area contributed by atoms with E-state index < -0.39 is 11.9 Å². The Kier molecular flexibility index (Phi) is 6.46. The summed E-state index contributed by atoms with van der Waals surface area (Å²) in [5, 5.41) is 3.40. The molecule has 0 unspecified atom stereocenters. The monoisotopic (exact) mass is 439 g/mol. The van der Waals surface area contributed by atoms with Gasteiger partial charge in [0.15, 0.2) is 6.61 Å². The zero-order valence-electron chi connectivity index (χ0n) is 17.5. The molecule has 1 aliphatic carbocycles. The highest BCUT2D eigenvalue weighted by atomic mass is 32.1. The van der Waals surface area contributed by atoms with Crippen LogP contribution in [0.1, 0.15) is 42.2 Å². The highest BCUT2D eigenvalue weighted by Crippen LogP contribution is 2.33. The summed E-state index contributed by atoms with van der Waals surface area (Å²) in [5.74, 6) is -0.932. The lowest BCUT2D eigenvalue weighted by atomic mass is 9.97. The summed E-state index contributed by atoms with van der Waals surface area (Å²) in [6, 6.07) is 7.51. The van der Waals surface area contributed by atoms with Gasteiger partial charge in [-0.05, 0) is 55.4 Å². The van der Waals surface area contributed by atoms with E-state index in [-0.39, 0.29) is 25.1 Å². The van der Waals surface area contributed by atoms with Crippen molar-refractivity contribution in [2.24, 2.45) is 0 Å². The van der Waals surface area contributed by atoms with Crippen molar-refractivity contribution in [3.63, 3.8) is 0 Å². The molecule has 0 atom stereocenters. The van der Waals surface area contributed by atoms with Crippen LogP contribution in [0.5, 0.6) is 0 Å². The minimum absolute atomic E-state index is 0.00209. The number of rotatable bonds is 7. The van der Waals surface area contributed by atoms with Crippen molar-refractivity contribution in [2.45, 2.75) is 52.0 Å². The van der Waals surface area contributed by atoms with Crippen LogP contribution >= 0.6 is 11.3 Å². The van der Waals surface area contributed by atoms with Crippen LogP contribution in [0, 0.1) is 0 Å². The first-order chi connectivity index (χ1) is 15.0. The van der Waals surface area contributed by atoms with Crippen LogP contribution in [0.4, 0.5) is 5.69 Å². The predicted molar refractivity (Wildman–Crippen MR) is 121 cm³/mol. The van der Waals surface area contributed by atoms with Crippen molar-refractivity contribution >= 4 is 39.1 Å². The number of anilines is 1. The van der Waals surface area contributed by atoms with Gasteiger partial charge in [0.2, 0.25) is 0 Å². The standard InChI is InChI=1S/C23H25N3O4S/c1-2-15-7-9-16(10-8-15)25-19(27)13-30-20(28)11-12-26-14-24-22-21(23(26)29)17-5-3-4-6-18(17)31-22/h7-10,14H,2-6,11-13H2,1H3,(H,25,27). The number of aromatic nitrogens is 2. The molecule has 0 aliphatic heterocycles. The van der Waals surface area contributed by atoms with Gasteiger partial charge in [-0.3, -0.25) is 19.0 Å². The fraction of sp³-hybridized carbons (Fsp3) is 0.391. The Morgan fingerprint density at radius 2 is 1.97 bits per heavy atom. The van der Waals surface area contributed by atoms with Gasteiger partial charge in [0.25, 0.3) is 11.5 Å². The number of nitrogens with one attached hydrogen (secondary N) is 1. The number of hydrogen-bond donors (Lipinski definition) is 1. The molecule has 2 aromatic heterocycles. The van der Waals surface area contributed by atoms with Crippen LogP contribution in [0.2, 0.25) is 0 Å². The Morgan fingerprint density at radius 1 is 1.19 bits per heavy atom. The number of carbonyl (C=O) groups excluding carboxylic acids is 2. The Morgan fingerprint density at radius 3 is 2.74 bits per heavy atom. The minimum Gasteiger partial charge on any atom is -0.456 e. The quantitative estimate of drug-likeness (QED) is 0.569. The van der Waals surface area contributed by atoms with Gasteiger partial charge in [-0.1, -0.05) is 19.1 Å². The van der Waals surface area contributed by atoms with E-state index in [0.717, 1.165) is 42.5 Å². The number of aryl methyl sites for hydroxylation is 4. The first kappa shape index (κ1) is 21.2. The zero-order valence-corrected chi connectivity index (χ0v) is 18.3. The van der Waals surface area contributed by atoms with Crippen LogP contribution < -0.4 is 10.9 Å². The number of nitrogens with zero attached hydrogens (tertiary/aromatic N) is 2. The predicted octanol–water partition coefficient (Wildman–Crippen LogP) is 3.47. The van der Waals surface area contributed by atoms with E-state index in [2.05, 4.69) is 17.2 Å². The number of benzene rings is 1. The number of hydrogen-bond acceptors (Lipinski definition) is 6. The van der Waals surface area contributed by atoms with Crippen molar-refractivity contribution in [1.29, 1.82) is 0 Å². The molecule has 0 bridgehead atoms. The molecule has 8 heteroatoms. The third-order valence-electron chi connectivity index (χ3n) is 5.51. The average molecular weight is 440 g/mol. The molecule has 0 saturated heterocycles. The summed E-state index contributed by atoms with van der Waals surface area (Å²) in [7, 11) is 0. The van der Waals surface area contributed by atoms with Gasteiger partial charge in [-0.15, -0.1) is 11.3 Å². The summed E-state index contributed by atoms with van der Waals surface area (Å²) >= 11 is 1.60. The summed E-state index contributed by atoms with van der Waals surface area (Å²) in [6.45, 7) is 1.87. The number of carbonyl (C=O) groups is 2. The maximum atomic E-state index is 12.9. The van der Waals surface area contributed by atoms with E-state index in [9.17, 15) is 14.4 Å². The van der Waals surface area contributed by atoms with Crippen LogP contribution in [-0.2, 0) is 40.1 Å². The van der Waals surface area contributed by atoms with Crippen LogP contribution in [0.3, 0.4) is 0 Å². The summed E-state index contributed by atoms with van der Waals surface area (Å²) < 4.78 is 6.52. The average Bonchev–Trinajstić information content (AvgIpc) is 3.17. The molecule has 0 saturated carbocycles. The molecular weight excluding hydrogens is 414 g/mol. The molecule has 1 N–H and O–H groups in total. The van der Waals surface area contributed by atoms with Crippen LogP contribution in [-0.4, -0.2) is 28.0 Å². The molecule has 1 aliphatic rings. The Labute approximate surface area is 184 Å². The van der Waals surface area contributed by atoms with Gasteiger partial charge < -0.3 is 10.1 Å². The van der Waals surface area contributed by atoms with Gasteiger partial charge in [0.05, 0.1) is 18.1 Å². The lowest BCUT2D eigenvalue weighted by Gasteiger charge is -2.10. The molecular formula is C23H25N3O4S. The molecule has 4 rings (SSSR count). The molecule has 0 fully saturated rings. The Balaban J connectivity index is 1.31. The van der Waals surface area contributed by atoms with Gasteiger partial charge in [-0.2, -0.15) is 0 Å². The fourth-order valence-electron chi connectivity index (χ4n) is 3.79. The molecule has 0 radical (unpaired) electrons. The Bertz CT molecular complexity index is 1160. The first-order valence-electron chi connectivity index (χ1n) is 10.6. The van der Waals surface area contributed by atoms with Crippen molar-refractivity contribution < 1.29 is 14.3 Å². The third kappa shape index (κ3) is 4.85. The number of esters is 1. The first-order valence-corrected chi connectivity index (χ1v) is 11.4. The van der Waals surface area contributed by atoms with Gasteiger partial charge in [0, 0.05) is 17.1 Å². The zero-order chi connectivity index (χ0) is 21.8.